The highest BCUT2D eigenvalue weighted by Gasteiger charge is 2.28. The van der Waals surface area contributed by atoms with E-state index in [2.05, 4.69) is 5.43 Å². The van der Waals surface area contributed by atoms with Gasteiger partial charge in [-0.05, 0) is 24.1 Å². The van der Waals surface area contributed by atoms with Gasteiger partial charge in [-0.25, -0.2) is 0 Å². The van der Waals surface area contributed by atoms with Crippen LogP contribution in [0.5, 0.6) is 0 Å². The molecule has 0 radical (unpaired) electrons. The van der Waals surface area contributed by atoms with Crippen molar-refractivity contribution in [1.29, 1.82) is 0 Å². The molecule has 90 valence electrons. The van der Waals surface area contributed by atoms with Crippen molar-refractivity contribution in [3.8, 4) is 0 Å². The van der Waals surface area contributed by atoms with Gasteiger partial charge in [-0.15, -0.1) is 0 Å². The fraction of sp³-hybridized carbons (Fsp3) is 0.400. The molecule has 0 saturated heterocycles. The summed E-state index contributed by atoms with van der Waals surface area (Å²) in [6.45, 7) is 0. The monoisotopic (exact) mass is 252 g/mol. The summed E-state index contributed by atoms with van der Waals surface area (Å²) in [6.07, 6.45) is -5.16. The van der Waals surface area contributed by atoms with Crippen LogP contribution in [-0.4, -0.2) is 6.18 Å². The van der Waals surface area contributed by atoms with E-state index in [0.717, 1.165) is 0 Å². The largest absolute Gasteiger partial charge is 0.389 e. The number of hydrogen-bond donors (Lipinski definition) is 2. The Morgan fingerprint density at radius 1 is 1.38 bits per heavy atom. The van der Waals surface area contributed by atoms with Crippen molar-refractivity contribution < 1.29 is 13.2 Å². The minimum Gasteiger partial charge on any atom is -0.271 e. The average Bonchev–Trinajstić information content (AvgIpc) is 2.17. The minimum atomic E-state index is -4.17. The van der Waals surface area contributed by atoms with Gasteiger partial charge in [-0.1, -0.05) is 23.7 Å². The molecule has 0 saturated carbocycles. The summed E-state index contributed by atoms with van der Waals surface area (Å²) in [6, 6.07) is 6.08. The fourth-order valence-corrected chi connectivity index (χ4v) is 1.58. The third-order valence-electron chi connectivity index (χ3n) is 2.17. The van der Waals surface area contributed by atoms with Crippen molar-refractivity contribution in [3.63, 3.8) is 0 Å². The molecule has 0 bridgehead atoms. The first-order chi connectivity index (χ1) is 7.42. The molecule has 1 aromatic rings. The van der Waals surface area contributed by atoms with Gasteiger partial charge >= 0.3 is 6.18 Å². The van der Waals surface area contributed by atoms with Crippen LogP contribution in [-0.2, 0) is 0 Å². The second kappa shape index (κ2) is 5.52. The first-order valence-electron chi connectivity index (χ1n) is 4.71. The van der Waals surface area contributed by atoms with Crippen LogP contribution in [0.15, 0.2) is 24.3 Å². The third-order valence-corrected chi connectivity index (χ3v) is 2.40. The van der Waals surface area contributed by atoms with E-state index in [-0.39, 0.29) is 6.42 Å². The molecule has 6 heteroatoms. The zero-order valence-electron chi connectivity index (χ0n) is 8.39. The molecule has 1 unspecified atom stereocenters. The molecule has 0 amide bonds. The SMILES string of the molecule is NNC(CCC(F)(F)F)c1cccc(Cl)c1. The average molecular weight is 253 g/mol. The van der Waals surface area contributed by atoms with Crippen LogP contribution < -0.4 is 11.3 Å². The lowest BCUT2D eigenvalue weighted by Gasteiger charge is -2.17. The van der Waals surface area contributed by atoms with Gasteiger partial charge in [-0.3, -0.25) is 11.3 Å². The van der Waals surface area contributed by atoms with Gasteiger partial charge in [0.2, 0.25) is 0 Å². The van der Waals surface area contributed by atoms with E-state index in [0.29, 0.717) is 10.6 Å². The summed E-state index contributed by atoms with van der Waals surface area (Å²) in [5.74, 6) is 5.22. The van der Waals surface area contributed by atoms with Gasteiger partial charge < -0.3 is 0 Å². The molecule has 1 atom stereocenters. The molecule has 0 aliphatic heterocycles. The van der Waals surface area contributed by atoms with Gasteiger partial charge in [0, 0.05) is 17.5 Å². The lowest BCUT2D eigenvalue weighted by molar-refractivity contribution is -0.136. The molecular weight excluding hydrogens is 241 g/mol. The van der Waals surface area contributed by atoms with E-state index >= 15 is 0 Å². The Hall–Kier alpha value is -0.780. The van der Waals surface area contributed by atoms with Crippen molar-refractivity contribution in [1.82, 2.24) is 5.43 Å². The van der Waals surface area contributed by atoms with Crippen LogP contribution >= 0.6 is 11.6 Å². The maximum Gasteiger partial charge on any atom is 0.389 e. The molecule has 0 aliphatic carbocycles. The Bertz CT molecular complexity index is 341. The van der Waals surface area contributed by atoms with Gasteiger partial charge in [-0.2, -0.15) is 13.2 Å². The highest BCUT2D eigenvalue weighted by atomic mass is 35.5. The normalized spacial score (nSPS) is 13.8. The molecule has 0 heterocycles. The number of alkyl halides is 3. The smallest absolute Gasteiger partial charge is 0.271 e. The molecule has 1 aromatic carbocycles. The van der Waals surface area contributed by atoms with E-state index in [4.69, 9.17) is 17.4 Å². The highest BCUT2D eigenvalue weighted by molar-refractivity contribution is 6.30. The van der Waals surface area contributed by atoms with Crippen LogP contribution in [0.25, 0.3) is 0 Å². The van der Waals surface area contributed by atoms with Gasteiger partial charge in [0.15, 0.2) is 0 Å². The van der Waals surface area contributed by atoms with Crippen LogP contribution in [0.3, 0.4) is 0 Å². The van der Waals surface area contributed by atoms with Gasteiger partial charge in [0.25, 0.3) is 0 Å². The lowest BCUT2D eigenvalue weighted by atomic mass is 10.0. The molecule has 0 aliphatic rings. The highest BCUT2D eigenvalue weighted by Crippen LogP contribution is 2.28. The fourth-order valence-electron chi connectivity index (χ4n) is 1.38. The molecule has 3 N–H and O–H groups in total. The van der Waals surface area contributed by atoms with Crippen molar-refractivity contribution in [2.45, 2.75) is 25.1 Å². The number of halogens is 4. The van der Waals surface area contributed by atoms with Gasteiger partial charge in [0.1, 0.15) is 0 Å². The maximum absolute atomic E-state index is 12.1. The number of hydrazine groups is 1. The number of nitrogens with two attached hydrogens (primary N) is 1. The second-order valence-electron chi connectivity index (χ2n) is 3.43. The van der Waals surface area contributed by atoms with Crippen LogP contribution in [0.1, 0.15) is 24.4 Å². The third kappa shape index (κ3) is 4.38. The van der Waals surface area contributed by atoms with Gasteiger partial charge in [0.05, 0.1) is 0 Å². The standard InChI is InChI=1S/C10H12ClF3N2/c11-8-3-1-2-7(6-8)9(16-15)4-5-10(12,13)14/h1-3,6,9,16H,4-5,15H2. The van der Waals surface area contributed by atoms with Crippen LogP contribution in [0.4, 0.5) is 13.2 Å². The quantitative estimate of drug-likeness (QED) is 0.638. The molecule has 0 aromatic heterocycles. The minimum absolute atomic E-state index is 0.111. The molecule has 2 nitrogen and oxygen atoms in total. The van der Waals surface area contributed by atoms with Crippen LogP contribution in [0, 0.1) is 0 Å². The lowest BCUT2D eigenvalue weighted by Crippen LogP contribution is -2.29. The first kappa shape index (κ1) is 13.3. The molecule has 1 rings (SSSR count). The molecule has 0 spiro atoms. The zero-order chi connectivity index (χ0) is 12.2. The molecule has 0 fully saturated rings. The van der Waals surface area contributed by atoms with Crippen LogP contribution in [0.2, 0.25) is 5.02 Å². The summed E-state index contributed by atoms with van der Waals surface area (Å²) >= 11 is 5.75. The number of benzene rings is 1. The molecule has 16 heavy (non-hydrogen) atoms. The molecular formula is C10H12ClF3N2. The maximum atomic E-state index is 12.1. The Labute approximate surface area is 96.6 Å². The first-order valence-corrected chi connectivity index (χ1v) is 5.08. The van der Waals surface area contributed by atoms with Crippen molar-refractivity contribution >= 4 is 11.6 Å². The Morgan fingerprint density at radius 2 is 2.06 bits per heavy atom. The van der Waals surface area contributed by atoms with Crippen molar-refractivity contribution in [3.05, 3.63) is 34.9 Å². The number of nitrogens with one attached hydrogen (secondary N) is 1. The van der Waals surface area contributed by atoms with E-state index < -0.39 is 18.6 Å². The number of rotatable bonds is 4. The summed E-state index contributed by atoms with van der Waals surface area (Å²) in [4.78, 5) is 0. The van der Waals surface area contributed by atoms with Crippen molar-refractivity contribution in [2.24, 2.45) is 5.84 Å². The Kier molecular flexibility index (Phi) is 4.58. The van der Waals surface area contributed by atoms with E-state index in [9.17, 15) is 13.2 Å². The number of hydrogen-bond acceptors (Lipinski definition) is 2. The van der Waals surface area contributed by atoms with E-state index in [1.54, 1.807) is 24.3 Å². The summed E-state index contributed by atoms with van der Waals surface area (Å²) in [5, 5.41) is 0.477. The zero-order valence-corrected chi connectivity index (χ0v) is 9.15. The van der Waals surface area contributed by atoms with E-state index in [1.807, 2.05) is 0 Å². The second-order valence-corrected chi connectivity index (χ2v) is 3.86. The topological polar surface area (TPSA) is 38.0 Å². The Balaban J connectivity index is 2.68. The Morgan fingerprint density at radius 3 is 2.56 bits per heavy atom. The summed E-state index contributed by atoms with van der Waals surface area (Å²) in [5.41, 5.74) is 3.01. The summed E-state index contributed by atoms with van der Waals surface area (Å²) in [7, 11) is 0. The van der Waals surface area contributed by atoms with Crippen molar-refractivity contribution in [2.75, 3.05) is 0 Å². The predicted octanol–water partition coefficient (Wildman–Crippen LogP) is 3.19. The summed E-state index contributed by atoms with van der Waals surface area (Å²) < 4.78 is 36.2. The van der Waals surface area contributed by atoms with E-state index in [1.165, 1.54) is 0 Å². The predicted molar refractivity (Wildman–Crippen MR) is 56.8 cm³/mol.